The number of aromatic nitrogens is 3. The molecule has 1 aliphatic heterocycles. The third kappa shape index (κ3) is 4.17. The van der Waals surface area contributed by atoms with Crippen LogP contribution in [-0.4, -0.2) is 52.7 Å². The van der Waals surface area contributed by atoms with Gasteiger partial charge in [-0.2, -0.15) is 4.31 Å². The number of benzene rings is 1. The topological polar surface area (TPSA) is 97.2 Å². The Morgan fingerprint density at radius 3 is 2.56 bits per heavy atom. The van der Waals surface area contributed by atoms with Crippen molar-refractivity contribution in [3.8, 4) is 0 Å². The molecule has 2 heterocycles. The maximum atomic E-state index is 13.0. The molecule has 0 bridgehead atoms. The van der Waals surface area contributed by atoms with E-state index in [-0.39, 0.29) is 16.7 Å². The van der Waals surface area contributed by atoms with Gasteiger partial charge in [0.1, 0.15) is 5.82 Å². The Morgan fingerprint density at radius 1 is 1.26 bits per heavy atom. The molecule has 0 unspecified atom stereocenters. The highest BCUT2D eigenvalue weighted by atomic mass is 32.2. The fourth-order valence-electron chi connectivity index (χ4n) is 3.29. The number of carbonyl (C=O) groups is 1. The SMILES string of the molecule is CSc1nnc([C@@H]2CCCN(S(=O)(=O)c3ccc(NC(C)=O)cc3)C2)n1C. The summed E-state index contributed by atoms with van der Waals surface area (Å²) < 4.78 is 29.5. The second-order valence-corrected chi connectivity index (χ2v) is 9.22. The van der Waals surface area contributed by atoms with Crippen molar-refractivity contribution < 1.29 is 13.2 Å². The predicted molar refractivity (Wildman–Crippen MR) is 104 cm³/mol. The van der Waals surface area contributed by atoms with Crippen LogP contribution in [0.2, 0.25) is 0 Å². The van der Waals surface area contributed by atoms with Gasteiger partial charge in [-0.3, -0.25) is 4.79 Å². The molecule has 1 amide bonds. The molecule has 1 atom stereocenters. The number of hydrogen-bond donors (Lipinski definition) is 1. The van der Waals surface area contributed by atoms with Gasteiger partial charge in [-0.05, 0) is 43.4 Å². The smallest absolute Gasteiger partial charge is 0.243 e. The third-order valence-corrected chi connectivity index (χ3v) is 7.21. The van der Waals surface area contributed by atoms with Crippen LogP contribution in [0, 0.1) is 0 Å². The van der Waals surface area contributed by atoms with Crippen molar-refractivity contribution in [2.45, 2.75) is 35.7 Å². The van der Waals surface area contributed by atoms with Gasteiger partial charge in [-0.15, -0.1) is 10.2 Å². The van der Waals surface area contributed by atoms with Crippen molar-refractivity contribution in [1.29, 1.82) is 0 Å². The van der Waals surface area contributed by atoms with E-state index in [1.165, 1.54) is 35.1 Å². The summed E-state index contributed by atoms with van der Waals surface area (Å²) in [5.74, 6) is 0.642. The molecule has 1 N–H and O–H groups in total. The minimum absolute atomic E-state index is 0.0191. The number of anilines is 1. The van der Waals surface area contributed by atoms with Gasteiger partial charge in [0.05, 0.1) is 4.90 Å². The Labute approximate surface area is 163 Å². The fourth-order valence-corrected chi connectivity index (χ4v) is 5.31. The lowest BCUT2D eigenvalue weighted by atomic mass is 9.99. The van der Waals surface area contributed by atoms with Crippen molar-refractivity contribution >= 4 is 33.4 Å². The number of nitrogens with one attached hydrogen (secondary N) is 1. The fraction of sp³-hybridized carbons (Fsp3) is 0.471. The van der Waals surface area contributed by atoms with Crippen molar-refractivity contribution in [2.75, 3.05) is 24.7 Å². The lowest BCUT2D eigenvalue weighted by Crippen LogP contribution is -2.39. The standard InChI is InChI=1S/C17H23N5O3S2/c1-12(23)18-14-6-8-15(9-7-14)27(24,25)22-10-4-5-13(11-22)16-19-20-17(26-3)21(16)2/h6-9,13H,4-5,10-11H2,1-3H3,(H,18,23)/t13-/m1/s1. The molecule has 0 aliphatic carbocycles. The lowest BCUT2D eigenvalue weighted by Gasteiger charge is -2.31. The second kappa shape index (κ2) is 7.99. The molecule has 1 aromatic carbocycles. The average molecular weight is 410 g/mol. The number of hydrogen-bond acceptors (Lipinski definition) is 6. The highest BCUT2D eigenvalue weighted by Crippen LogP contribution is 2.30. The number of nitrogens with zero attached hydrogens (tertiary/aromatic N) is 4. The highest BCUT2D eigenvalue weighted by Gasteiger charge is 2.33. The van der Waals surface area contributed by atoms with Gasteiger partial charge in [0.2, 0.25) is 15.9 Å². The van der Waals surface area contributed by atoms with E-state index in [9.17, 15) is 13.2 Å². The van der Waals surface area contributed by atoms with E-state index in [4.69, 9.17) is 0 Å². The maximum absolute atomic E-state index is 13.0. The molecule has 0 saturated carbocycles. The Kier molecular flexibility index (Phi) is 5.87. The van der Waals surface area contributed by atoms with E-state index < -0.39 is 10.0 Å². The van der Waals surface area contributed by atoms with Gasteiger partial charge in [-0.25, -0.2) is 8.42 Å². The first kappa shape index (κ1) is 19.8. The zero-order chi connectivity index (χ0) is 19.6. The van der Waals surface area contributed by atoms with Crippen LogP contribution in [-0.2, 0) is 21.9 Å². The maximum Gasteiger partial charge on any atom is 0.243 e. The summed E-state index contributed by atoms with van der Waals surface area (Å²) in [5.41, 5.74) is 0.571. The van der Waals surface area contributed by atoms with Gasteiger partial charge in [0.25, 0.3) is 0 Å². The van der Waals surface area contributed by atoms with Crippen LogP contribution in [0.25, 0.3) is 0 Å². The van der Waals surface area contributed by atoms with Crippen molar-refractivity contribution in [3.05, 3.63) is 30.1 Å². The predicted octanol–water partition coefficient (Wildman–Crippen LogP) is 2.06. The Morgan fingerprint density at radius 2 is 1.96 bits per heavy atom. The Hall–Kier alpha value is -1.91. The van der Waals surface area contributed by atoms with Crippen LogP contribution in [0.5, 0.6) is 0 Å². The summed E-state index contributed by atoms with van der Waals surface area (Å²) in [7, 11) is -1.69. The summed E-state index contributed by atoms with van der Waals surface area (Å²) in [5, 5.41) is 11.9. The Bertz CT molecular complexity index is 925. The highest BCUT2D eigenvalue weighted by molar-refractivity contribution is 7.98. The van der Waals surface area contributed by atoms with Gasteiger partial charge >= 0.3 is 0 Å². The van der Waals surface area contributed by atoms with Gasteiger partial charge < -0.3 is 9.88 Å². The van der Waals surface area contributed by atoms with Crippen molar-refractivity contribution in [2.24, 2.45) is 7.05 Å². The molecule has 1 fully saturated rings. The van der Waals surface area contributed by atoms with E-state index in [0.29, 0.717) is 18.8 Å². The largest absolute Gasteiger partial charge is 0.326 e. The van der Waals surface area contributed by atoms with Crippen LogP contribution < -0.4 is 5.32 Å². The molecular weight excluding hydrogens is 386 g/mol. The van der Waals surface area contributed by atoms with E-state index in [1.54, 1.807) is 12.1 Å². The number of amides is 1. The molecule has 10 heteroatoms. The Balaban J connectivity index is 1.80. The molecular formula is C17H23N5O3S2. The second-order valence-electron chi connectivity index (χ2n) is 6.51. The summed E-state index contributed by atoms with van der Waals surface area (Å²) in [4.78, 5) is 11.3. The molecule has 1 aliphatic rings. The van der Waals surface area contributed by atoms with Gasteiger partial charge in [0, 0.05) is 38.7 Å². The van der Waals surface area contributed by atoms with E-state index >= 15 is 0 Å². The number of thioether (sulfide) groups is 1. The average Bonchev–Trinajstić information content (AvgIpc) is 3.02. The first-order valence-corrected chi connectivity index (χ1v) is 11.3. The minimum atomic E-state index is -3.60. The van der Waals surface area contributed by atoms with Gasteiger partial charge in [0.15, 0.2) is 5.16 Å². The van der Waals surface area contributed by atoms with Crippen molar-refractivity contribution in [3.63, 3.8) is 0 Å². The molecule has 146 valence electrons. The minimum Gasteiger partial charge on any atom is -0.326 e. The van der Waals surface area contributed by atoms with E-state index in [2.05, 4.69) is 15.5 Å². The number of carbonyl (C=O) groups excluding carboxylic acids is 1. The number of rotatable bonds is 5. The van der Waals surface area contributed by atoms with Crippen LogP contribution in [0.4, 0.5) is 5.69 Å². The summed E-state index contributed by atoms with van der Waals surface area (Å²) in [6.07, 6.45) is 3.60. The zero-order valence-electron chi connectivity index (χ0n) is 15.5. The van der Waals surface area contributed by atoms with E-state index in [0.717, 1.165) is 23.8 Å². The summed E-state index contributed by atoms with van der Waals surface area (Å²) in [6.45, 7) is 2.28. The van der Waals surface area contributed by atoms with Crippen LogP contribution in [0.15, 0.2) is 34.3 Å². The summed E-state index contributed by atoms with van der Waals surface area (Å²) >= 11 is 1.52. The first-order valence-electron chi connectivity index (χ1n) is 8.64. The molecule has 2 aromatic rings. The lowest BCUT2D eigenvalue weighted by molar-refractivity contribution is -0.114. The van der Waals surface area contributed by atoms with Crippen molar-refractivity contribution in [1.82, 2.24) is 19.1 Å². The molecule has 27 heavy (non-hydrogen) atoms. The van der Waals surface area contributed by atoms with E-state index in [1.807, 2.05) is 17.9 Å². The van der Waals surface area contributed by atoms with Gasteiger partial charge in [-0.1, -0.05) is 11.8 Å². The molecule has 1 saturated heterocycles. The number of piperidine rings is 1. The monoisotopic (exact) mass is 409 g/mol. The van der Waals surface area contributed by atoms with Crippen LogP contribution >= 0.6 is 11.8 Å². The summed E-state index contributed by atoms with van der Waals surface area (Å²) in [6, 6.07) is 6.25. The quantitative estimate of drug-likeness (QED) is 0.759. The number of sulfonamides is 1. The molecule has 3 rings (SSSR count). The third-order valence-electron chi connectivity index (χ3n) is 4.61. The molecule has 8 nitrogen and oxygen atoms in total. The normalized spacial score (nSPS) is 18.4. The van der Waals surface area contributed by atoms with Crippen LogP contribution in [0.3, 0.4) is 0 Å². The molecule has 0 spiro atoms. The first-order chi connectivity index (χ1) is 12.8. The molecule has 1 aromatic heterocycles. The molecule has 0 radical (unpaired) electrons. The zero-order valence-corrected chi connectivity index (χ0v) is 17.2. The van der Waals surface area contributed by atoms with Crippen LogP contribution in [0.1, 0.15) is 31.5 Å².